The quantitative estimate of drug-likeness (QED) is 0.907. The van der Waals surface area contributed by atoms with Gasteiger partial charge in [0, 0.05) is 19.0 Å². The van der Waals surface area contributed by atoms with Crippen molar-refractivity contribution in [3.8, 4) is 0 Å². The molecule has 0 bridgehead atoms. The first-order chi connectivity index (χ1) is 10.2. The van der Waals surface area contributed by atoms with Gasteiger partial charge in [0.05, 0.1) is 23.2 Å². The zero-order valence-corrected chi connectivity index (χ0v) is 12.2. The van der Waals surface area contributed by atoms with Gasteiger partial charge in [0.25, 0.3) is 5.91 Å². The van der Waals surface area contributed by atoms with Crippen molar-refractivity contribution in [2.24, 2.45) is 0 Å². The predicted molar refractivity (Wildman–Crippen MR) is 82.6 cm³/mol. The van der Waals surface area contributed by atoms with Crippen LogP contribution in [0.2, 0.25) is 0 Å². The lowest BCUT2D eigenvalue weighted by molar-refractivity contribution is 0.0867. The molecule has 5 nitrogen and oxygen atoms in total. The summed E-state index contributed by atoms with van der Waals surface area (Å²) in [6.45, 7) is 2.69. The van der Waals surface area contributed by atoms with Crippen LogP contribution in [-0.2, 0) is 4.74 Å². The molecule has 1 aromatic heterocycles. The first-order valence-corrected chi connectivity index (χ1v) is 7.19. The number of rotatable bonds is 3. The highest BCUT2D eigenvalue weighted by Gasteiger charge is 2.26. The maximum atomic E-state index is 12.6. The van der Waals surface area contributed by atoms with Gasteiger partial charge < -0.3 is 15.4 Å². The highest BCUT2D eigenvalue weighted by molar-refractivity contribution is 6.07. The fraction of sp³-hybridized carbons (Fsp3) is 0.375. The van der Waals surface area contributed by atoms with Crippen molar-refractivity contribution in [2.45, 2.75) is 25.5 Å². The second kappa shape index (κ2) is 5.69. The number of nitrogens with zero attached hydrogens (tertiary/aromatic N) is 1. The molecule has 5 heteroatoms. The molecular weight excluding hydrogens is 266 g/mol. The van der Waals surface area contributed by atoms with E-state index in [0.717, 1.165) is 17.3 Å². The van der Waals surface area contributed by atoms with Gasteiger partial charge in [-0.1, -0.05) is 18.2 Å². The minimum Gasteiger partial charge on any atom is -0.376 e. The maximum Gasteiger partial charge on any atom is 0.252 e. The molecule has 0 spiro atoms. The van der Waals surface area contributed by atoms with Crippen LogP contribution in [0.15, 0.2) is 30.3 Å². The third kappa shape index (κ3) is 2.69. The molecule has 2 heterocycles. The van der Waals surface area contributed by atoms with Gasteiger partial charge >= 0.3 is 0 Å². The van der Waals surface area contributed by atoms with E-state index in [9.17, 15) is 4.79 Å². The molecule has 3 rings (SSSR count). The van der Waals surface area contributed by atoms with Crippen LogP contribution in [0.3, 0.4) is 0 Å². The van der Waals surface area contributed by atoms with Crippen molar-refractivity contribution >= 4 is 22.6 Å². The van der Waals surface area contributed by atoms with Crippen molar-refractivity contribution in [2.75, 3.05) is 19.0 Å². The van der Waals surface area contributed by atoms with Crippen molar-refractivity contribution < 1.29 is 9.53 Å². The lowest BCUT2D eigenvalue weighted by Gasteiger charge is -2.17. The summed E-state index contributed by atoms with van der Waals surface area (Å²) in [7, 11) is 1.80. The van der Waals surface area contributed by atoms with Crippen LogP contribution >= 0.6 is 0 Å². The third-order valence-corrected chi connectivity index (χ3v) is 3.91. The van der Waals surface area contributed by atoms with E-state index in [2.05, 4.69) is 15.6 Å². The molecule has 2 N–H and O–H groups in total. The van der Waals surface area contributed by atoms with E-state index in [1.54, 1.807) is 13.1 Å². The Kier molecular flexibility index (Phi) is 3.75. The average Bonchev–Trinajstić information content (AvgIpc) is 2.91. The van der Waals surface area contributed by atoms with Gasteiger partial charge in [0.1, 0.15) is 5.82 Å². The summed E-state index contributed by atoms with van der Waals surface area (Å²) in [4.78, 5) is 17.1. The molecule has 1 aliphatic rings. The Hall–Kier alpha value is -2.14. The molecule has 21 heavy (non-hydrogen) atoms. The number of fused-ring (bicyclic) bond motifs is 1. The number of ether oxygens (including phenoxy) is 1. The minimum atomic E-state index is -0.0764. The number of anilines is 1. The number of para-hydroxylation sites is 1. The van der Waals surface area contributed by atoms with Gasteiger partial charge in [-0.05, 0) is 25.5 Å². The summed E-state index contributed by atoms with van der Waals surface area (Å²) in [5.41, 5.74) is 1.45. The smallest absolute Gasteiger partial charge is 0.252 e. The van der Waals surface area contributed by atoms with E-state index in [4.69, 9.17) is 4.74 Å². The fourth-order valence-electron chi connectivity index (χ4n) is 2.66. The van der Waals surface area contributed by atoms with Gasteiger partial charge in [0.15, 0.2) is 0 Å². The fourth-order valence-corrected chi connectivity index (χ4v) is 2.66. The van der Waals surface area contributed by atoms with Crippen LogP contribution in [0.4, 0.5) is 5.82 Å². The number of aromatic nitrogens is 1. The van der Waals surface area contributed by atoms with Crippen LogP contribution in [0.1, 0.15) is 23.7 Å². The van der Waals surface area contributed by atoms with Crippen molar-refractivity contribution in [1.82, 2.24) is 10.3 Å². The second-order valence-electron chi connectivity index (χ2n) is 5.27. The van der Waals surface area contributed by atoms with Crippen molar-refractivity contribution in [3.63, 3.8) is 0 Å². The van der Waals surface area contributed by atoms with E-state index < -0.39 is 0 Å². The van der Waals surface area contributed by atoms with Gasteiger partial charge in [-0.25, -0.2) is 4.98 Å². The number of carbonyl (C=O) groups is 1. The number of nitrogens with one attached hydrogen (secondary N) is 2. The SMILES string of the molecule is CNc1cc(C(=O)NC2CCOC2C)c2ccccc2n1. The Morgan fingerprint density at radius 1 is 1.38 bits per heavy atom. The number of carbonyl (C=O) groups excluding carboxylic acids is 1. The molecule has 1 fully saturated rings. The van der Waals surface area contributed by atoms with E-state index in [1.807, 2.05) is 31.2 Å². The molecule has 2 aromatic rings. The first-order valence-electron chi connectivity index (χ1n) is 7.19. The zero-order valence-electron chi connectivity index (χ0n) is 12.2. The molecule has 2 atom stereocenters. The van der Waals surface area contributed by atoms with E-state index in [0.29, 0.717) is 18.0 Å². The van der Waals surface area contributed by atoms with Gasteiger partial charge in [-0.3, -0.25) is 4.79 Å². The lowest BCUT2D eigenvalue weighted by atomic mass is 10.1. The molecule has 1 amide bonds. The van der Waals surface area contributed by atoms with Gasteiger partial charge in [-0.15, -0.1) is 0 Å². The summed E-state index contributed by atoms with van der Waals surface area (Å²) in [5, 5.41) is 6.93. The third-order valence-electron chi connectivity index (χ3n) is 3.91. The molecule has 1 aromatic carbocycles. The molecule has 0 radical (unpaired) electrons. The normalized spacial score (nSPS) is 21.4. The van der Waals surface area contributed by atoms with Crippen LogP contribution in [-0.4, -0.2) is 36.7 Å². The topological polar surface area (TPSA) is 63.2 Å². The molecule has 0 saturated carbocycles. The molecule has 110 valence electrons. The van der Waals surface area contributed by atoms with Crippen LogP contribution in [0.5, 0.6) is 0 Å². The predicted octanol–water partition coefficient (Wildman–Crippen LogP) is 2.18. The van der Waals surface area contributed by atoms with Crippen molar-refractivity contribution in [1.29, 1.82) is 0 Å². The monoisotopic (exact) mass is 285 g/mol. The van der Waals surface area contributed by atoms with E-state index in [1.165, 1.54) is 0 Å². The molecule has 1 aliphatic heterocycles. The Labute approximate surface area is 123 Å². The molecule has 0 aliphatic carbocycles. The van der Waals surface area contributed by atoms with Crippen LogP contribution in [0, 0.1) is 0 Å². The van der Waals surface area contributed by atoms with Crippen molar-refractivity contribution in [3.05, 3.63) is 35.9 Å². The average molecular weight is 285 g/mol. The number of hydrogen-bond donors (Lipinski definition) is 2. The number of pyridine rings is 1. The Morgan fingerprint density at radius 2 is 2.19 bits per heavy atom. The molecular formula is C16H19N3O2. The zero-order chi connectivity index (χ0) is 14.8. The standard InChI is InChI=1S/C16H19N3O2/c1-10-13(7-8-21-10)19-16(20)12-9-15(17-2)18-14-6-4-3-5-11(12)14/h3-6,9-10,13H,7-8H2,1-2H3,(H,17,18)(H,19,20). The van der Waals surface area contributed by atoms with Crippen LogP contribution in [0.25, 0.3) is 10.9 Å². The Bertz CT molecular complexity index is 672. The second-order valence-corrected chi connectivity index (χ2v) is 5.27. The Balaban J connectivity index is 1.96. The maximum absolute atomic E-state index is 12.6. The highest BCUT2D eigenvalue weighted by Crippen LogP contribution is 2.21. The molecule has 1 saturated heterocycles. The first kappa shape index (κ1) is 13.8. The van der Waals surface area contributed by atoms with Crippen LogP contribution < -0.4 is 10.6 Å². The van der Waals surface area contributed by atoms with E-state index >= 15 is 0 Å². The number of amides is 1. The minimum absolute atomic E-state index is 0.0609. The van der Waals surface area contributed by atoms with E-state index in [-0.39, 0.29) is 18.1 Å². The Morgan fingerprint density at radius 3 is 2.90 bits per heavy atom. The summed E-state index contributed by atoms with van der Waals surface area (Å²) in [6.07, 6.45) is 0.917. The highest BCUT2D eigenvalue weighted by atomic mass is 16.5. The van der Waals surface area contributed by atoms with Gasteiger partial charge in [-0.2, -0.15) is 0 Å². The summed E-state index contributed by atoms with van der Waals surface area (Å²) in [6, 6.07) is 9.53. The summed E-state index contributed by atoms with van der Waals surface area (Å²) >= 11 is 0. The number of benzene rings is 1. The lowest BCUT2D eigenvalue weighted by Crippen LogP contribution is -2.39. The summed E-state index contributed by atoms with van der Waals surface area (Å²) < 4.78 is 5.50. The largest absolute Gasteiger partial charge is 0.376 e. The summed E-state index contributed by atoms with van der Waals surface area (Å²) in [5.74, 6) is 0.613. The number of hydrogen-bond acceptors (Lipinski definition) is 4. The molecule has 2 unspecified atom stereocenters. The van der Waals surface area contributed by atoms with Gasteiger partial charge in [0.2, 0.25) is 0 Å².